The van der Waals surface area contributed by atoms with Gasteiger partial charge in [-0.15, -0.1) is 0 Å². The van der Waals surface area contributed by atoms with Crippen LogP contribution in [0.25, 0.3) is 6.08 Å². The van der Waals surface area contributed by atoms with E-state index < -0.39 is 5.60 Å². The first-order chi connectivity index (χ1) is 14.0. The quantitative estimate of drug-likeness (QED) is 0.848. The molecule has 1 aromatic carbocycles. The molecule has 156 valence electrons. The van der Waals surface area contributed by atoms with Gasteiger partial charge < -0.3 is 10.0 Å². The van der Waals surface area contributed by atoms with Gasteiger partial charge in [-0.3, -0.25) is 9.69 Å². The molecule has 1 amide bonds. The van der Waals surface area contributed by atoms with Crippen molar-refractivity contribution in [3.05, 3.63) is 41.0 Å². The average Bonchev–Trinajstić information content (AvgIpc) is 3.24. The molecule has 0 radical (unpaired) electrons. The maximum Gasteiger partial charge on any atom is 0.219 e. The van der Waals surface area contributed by atoms with Gasteiger partial charge in [0.25, 0.3) is 0 Å². The van der Waals surface area contributed by atoms with Crippen LogP contribution in [0.4, 0.5) is 0 Å². The number of hydrogen-bond donors (Lipinski definition) is 1. The predicted molar refractivity (Wildman–Crippen MR) is 115 cm³/mol. The summed E-state index contributed by atoms with van der Waals surface area (Å²) in [6.07, 6.45) is 10.8. The topological polar surface area (TPSA) is 43.8 Å². The van der Waals surface area contributed by atoms with E-state index in [0.29, 0.717) is 12.5 Å². The summed E-state index contributed by atoms with van der Waals surface area (Å²) in [4.78, 5) is 16.4. The third-order valence-corrected chi connectivity index (χ3v) is 8.21. The largest absolute Gasteiger partial charge is 0.385 e. The second-order valence-electron chi connectivity index (χ2n) is 9.80. The molecule has 5 rings (SSSR count). The third kappa shape index (κ3) is 3.55. The van der Waals surface area contributed by atoms with Crippen LogP contribution in [0, 0.1) is 11.8 Å². The van der Waals surface area contributed by atoms with Gasteiger partial charge in [0.2, 0.25) is 5.91 Å². The molecule has 0 spiro atoms. The zero-order chi connectivity index (χ0) is 20.0. The molecule has 2 heterocycles. The van der Waals surface area contributed by atoms with Gasteiger partial charge >= 0.3 is 0 Å². The Morgan fingerprint density at radius 1 is 1.10 bits per heavy atom. The summed E-state index contributed by atoms with van der Waals surface area (Å²) in [7, 11) is 0. The number of benzene rings is 1. The van der Waals surface area contributed by atoms with Crippen LogP contribution in [0.3, 0.4) is 0 Å². The van der Waals surface area contributed by atoms with Crippen LogP contribution in [0.1, 0.15) is 63.0 Å². The molecule has 29 heavy (non-hydrogen) atoms. The Bertz CT molecular complexity index is 788. The lowest BCUT2D eigenvalue weighted by molar-refractivity contribution is -0.128. The summed E-state index contributed by atoms with van der Waals surface area (Å²) in [5, 5.41) is 11.5. The number of carbonyl (C=O) groups is 1. The van der Waals surface area contributed by atoms with Crippen LogP contribution in [0.15, 0.2) is 29.8 Å². The Morgan fingerprint density at radius 2 is 1.83 bits per heavy atom. The van der Waals surface area contributed by atoms with Crippen molar-refractivity contribution in [2.24, 2.45) is 11.8 Å². The molecule has 2 aliphatic carbocycles. The lowest BCUT2D eigenvalue weighted by atomic mass is 9.82. The summed E-state index contributed by atoms with van der Waals surface area (Å²) < 4.78 is 0. The minimum atomic E-state index is -0.783. The van der Waals surface area contributed by atoms with Gasteiger partial charge in [-0.2, -0.15) is 0 Å². The highest BCUT2D eigenvalue weighted by Gasteiger charge is 2.52. The molecule has 2 saturated heterocycles. The molecule has 1 N–H and O–H groups in total. The number of carbonyl (C=O) groups excluding carboxylic acids is 1. The second-order valence-corrected chi connectivity index (χ2v) is 9.80. The van der Waals surface area contributed by atoms with Crippen LogP contribution in [-0.2, 0) is 10.4 Å². The van der Waals surface area contributed by atoms with Crippen molar-refractivity contribution in [3.8, 4) is 0 Å². The summed E-state index contributed by atoms with van der Waals surface area (Å²) >= 11 is 0. The molecular weight excluding hydrogens is 360 g/mol. The van der Waals surface area contributed by atoms with Gasteiger partial charge in [0.1, 0.15) is 0 Å². The Labute approximate surface area is 174 Å². The minimum Gasteiger partial charge on any atom is -0.385 e. The third-order valence-electron chi connectivity index (χ3n) is 8.21. The standard InChI is InChI=1S/C25H34N2O2/c1-18(28)27-16-21-9-12-25(29,24(21)17-27)22-7-5-19(6-8-22)15-20-10-13-26(14-11-20)23-3-2-4-23/h5-8,15,21,23-24,29H,2-4,9-14,16-17H2,1H3. The van der Waals surface area contributed by atoms with E-state index in [9.17, 15) is 9.90 Å². The van der Waals surface area contributed by atoms with Gasteiger partial charge in [-0.05, 0) is 55.6 Å². The Kier molecular flexibility index (Phi) is 5.03. The van der Waals surface area contributed by atoms with Crippen LogP contribution in [0.2, 0.25) is 0 Å². The lowest BCUT2D eigenvalue weighted by Gasteiger charge is -2.40. The fourth-order valence-corrected chi connectivity index (χ4v) is 6.09. The predicted octanol–water partition coefficient (Wildman–Crippen LogP) is 3.79. The molecule has 0 bridgehead atoms. The van der Waals surface area contributed by atoms with E-state index in [1.54, 1.807) is 12.5 Å². The highest BCUT2D eigenvalue weighted by molar-refractivity contribution is 5.73. The second kappa shape index (κ2) is 7.55. The Morgan fingerprint density at radius 3 is 2.45 bits per heavy atom. The number of piperidine rings is 1. The SMILES string of the molecule is CC(=O)N1CC2CCC(O)(c3ccc(C=C4CCN(C5CCC5)CC4)cc3)C2C1. The summed E-state index contributed by atoms with van der Waals surface area (Å²) in [5.41, 5.74) is 3.04. The number of nitrogens with zero attached hydrogens (tertiary/aromatic N) is 2. The molecular formula is C25H34N2O2. The first-order valence-corrected chi connectivity index (χ1v) is 11.5. The maximum atomic E-state index is 11.8. The minimum absolute atomic E-state index is 0.132. The normalized spacial score (nSPS) is 32.9. The van der Waals surface area contributed by atoms with Crippen molar-refractivity contribution in [1.82, 2.24) is 9.80 Å². The van der Waals surface area contributed by atoms with E-state index in [-0.39, 0.29) is 11.8 Å². The van der Waals surface area contributed by atoms with Gasteiger partial charge in [0.05, 0.1) is 5.60 Å². The van der Waals surface area contributed by atoms with Crippen molar-refractivity contribution in [1.29, 1.82) is 0 Å². The highest BCUT2D eigenvalue weighted by atomic mass is 16.3. The zero-order valence-electron chi connectivity index (χ0n) is 17.6. The Balaban J connectivity index is 1.25. The molecule has 1 aromatic rings. The van der Waals surface area contributed by atoms with Gasteiger partial charge in [-0.25, -0.2) is 0 Å². The number of aliphatic hydroxyl groups is 1. The van der Waals surface area contributed by atoms with Crippen molar-refractivity contribution in [2.75, 3.05) is 26.2 Å². The van der Waals surface area contributed by atoms with Crippen LogP contribution in [0.5, 0.6) is 0 Å². The van der Waals surface area contributed by atoms with Gasteiger partial charge in [-0.1, -0.05) is 42.3 Å². The summed E-state index contributed by atoms with van der Waals surface area (Å²) in [6.45, 7) is 5.57. The first kappa shape index (κ1) is 19.3. The summed E-state index contributed by atoms with van der Waals surface area (Å²) in [6, 6.07) is 9.44. The van der Waals surface area contributed by atoms with Gasteiger partial charge in [0, 0.05) is 45.1 Å². The number of fused-ring (bicyclic) bond motifs is 1. The number of hydrogen-bond acceptors (Lipinski definition) is 3. The van der Waals surface area contributed by atoms with E-state index in [0.717, 1.165) is 31.0 Å². The Hall–Kier alpha value is -1.65. The molecule has 4 heteroatoms. The molecule has 4 fully saturated rings. The molecule has 2 saturated carbocycles. The molecule has 0 aromatic heterocycles. The molecule has 4 nitrogen and oxygen atoms in total. The van der Waals surface area contributed by atoms with Crippen molar-refractivity contribution in [3.63, 3.8) is 0 Å². The number of likely N-dealkylation sites (tertiary alicyclic amines) is 2. The van der Waals surface area contributed by atoms with Crippen molar-refractivity contribution >= 4 is 12.0 Å². The summed E-state index contributed by atoms with van der Waals surface area (Å²) in [5.74, 6) is 0.741. The number of amides is 1. The molecule has 3 atom stereocenters. The molecule has 2 aliphatic heterocycles. The average molecular weight is 395 g/mol. The first-order valence-electron chi connectivity index (χ1n) is 11.5. The fourth-order valence-electron chi connectivity index (χ4n) is 6.09. The fraction of sp³-hybridized carbons (Fsp3) is 0.640. The number of rotatable bonds is 3. The van der Waals surface area contributed by atoms with Crippen LogP contribution >= 0.6 is 0 Å². The van der Waals surface area contributed by atoms with Gasteiger partial charge in [0.15, 0.2) is 0 Å². The smallest absolute Gasteiger partial charge is 0.219 e. The van der Waals surface area contributed by atoms with Crippen molar-refractivity contribution in [2.45, 2.75) is 63.5 Å². The monoisotopic (exact) mass is 394 g/mol. The van der Waals surface area contributed by atoms with E-state index in [1.807, 2.05) is 4.90 Å². The van der Waals surface area contributed by atoms with E-state index >= 15 is 0 Å². The molecule has 3 unspecified atom stereocenters. The van der Waals surface area contributed by atoms with E-state index in [1.165, 1.54) is 50.8 Å². The van der Waals surface area contributed by atoms with E-state index in [4.69, 9.17) is 0 Å². The zero-order valence-corrected chi connectivity index (χ0v) is 17.6. The van der Waals surface area contributed by atoms with E-state index in [2.05, 4.69) is 35.2 Å². The molecule has 4 aliphatic rings. The van der Waals surface area contributed by atoms with Crippen LogP contribution in [-0.4, -0.2) is 53.0 Å². The lowest BCUT2D eigenvalue weighted by Crippen LogP contribution is -2.43. The maximum absolute atomic E-state index is 11.8. The van der Waals surface area contributed by atoms with Crippen molar-refractivity contribution < 1.29 is 9.90 Å². The highest BCUT2D eigenvalue weighted by Crippen LogP contribution is 2.50. The van der Waals surface area contributed by atoms with Crippen LogP contribution < -0.4 is 0 Å².